The maximum absolute atomic E-state index is 12.2. The van der Waals surface area contributed by atoms with Crippen molar-refractivity contribution in [2.45, 2.75) is 32.1 Å². The first kappa shape index (κ1) is 17.9. The zero-order chi connectivity index (χ0) is 17.5. The van der Waals surface area contributed by atoms with Crippen LogP contribution in [-0.2, 0) is 4.79 Å². The molecule has 0 heterocycles. The Morgan fingerprint density at radius 2 is 1.79 bits per heavy atom. The van der Waals surface area contributed by atoms with Crippen molar-refractivity contribution in [3.05, 3.63) is 65.7 Å². The number of hydrogen-bond acceptors (Lipinski definition) is 3. The normalized spacial score (nSPS) is 13.4. The highest BCUT2D eigenvalue weighted by Crippen LogP contribution is 2.21. The van der Waals surface area contributed by atoms with Gasteiger partial charge in [-0.2, -0.15) is 8.78 Å². The maximum Gasteiger partial charge on any atom is 0.387 e. The summed E-state index contributed by atoms with van der Waals surface area (Å²) < 4.78 is 28.8. The first-order chi connectivity index (χ1) is 11.5. The third-order valence-corrected chi connectivity index (χ3v) is 3.52. The monoisotopic (exact) mass is 335 g/mol. The third kappa shape index (κ3) is 5.31. The fourth-order valence-electron chi connectivity index (χ4n) is 2.31. The number of halogens is 2. The summed E-state index contributed by atoms with van der Waals surface area (Å²) in [6.07, 6.45) is -0.978. The molecule has 0 aromatic heterocycles. The molecule has 0 saturated carbocycles. The topological polar surface area (TPSA) is 58.6 Å². The van der Waals surface area contributed by atoms with Crippen molar-refractivity contribution in [1.82, 2.24) is 5.32 Å². The smallest absolute Gasteiger partial charge is 0.387 e. The zero-order valence-corrected chi connectivity index (χ0v) is 13.2. The van der Waals surface area contributed by atoms with Crippen molar-refractivity contribution in [1.29, 1.82) is 0 Å². The van der Waals surface area contributed by atoms with Crippen LogP contribution in [0.2, 0.25) is 0 Å². The Balaban J connectivity index is 1.94. The van der Waals surface area contributed by atoms with Crippen LogP contribution in [0.3, 0.4) is 0 Å². The van der Waals surface area contributed by atoms with E-state index in [1.807, 2.05) is 6.07 Å². The number of carbonyl (C=O) groups is 1. The summed E-state index contributed by atoms with van der Waals surface area (Å²) in [5.74, 6) is -0.299. The lowest BCUT2D eigenvalue weighted by atomic mass is 10.1. The summed E-state index contributed by atoms with van der Waals surface area (Å²) in [4.78, 5) is 12.1. The molecule has 0 spiro atoms. The van der Waals surface area contributed by atoms with Crippen molar-refractivity contribution in [2.24, 2.45) is 0 Å². The molecule has 2 N–H and O–H groups in total. The predicted molar refractivity (Wildman–Crippen MR) is 85.7 cm³/mol. The summed E-state index contributed by atoms with van der Waals surface area (Å²) in [6.45, 7) is -1.17. The molecule has 2 rings (SSSR count). The van der Waals surface area contributed by atoms with Crippen LogP contribution < -0.4 is 10.1 Å². The van der Waals surface area contributed by atoms with E-state index in [-0.39, 0.29) is 18.1 Å². The second-order valence-electron chi connectivity index (χ2n) is 5.37. The average Bonchev–Trinajstić information content (AvgIpc) is 2.55. The van der Waals surface area contributed by atoms with Gasteiger partial charge in [-0.1, -0.05) is 42.5 Å². The van der Waals surface area contributed by atoms with Crippen molar-refractivity contribution < 1.29 is 23.4 Å². The van der Waals surface area contributed by atoms with E-state index in [0.29, 0.717) is 11.1 Å². The molecule has 2 unspecified atom stereocenters. The number of ether oxygens (including phenoxy) is 1. The number of benzene rings is 2. The lowest BCUT2D eigenvalue weighted by Gasteiger charge is -2.17. The molecule has 0 radical (unpaired) electrons. The number of aliphatic hydroxyl groups is 1. The number of rotatable bonds is 7. The van der Waals surface area contributed by atoms with Crippen LogP contribution in [0.25, 0.3) is 0 Å². The molecule has 128 valence electrons. The molecule has 2 aromatic carbocycles. The summed E-state index contributed by atoms with van der Waals surface area (Å²) >= 11 is 0. The molecule has 0 aliphatic rings. The fourth-order valence-corrected chi connectivity index (χ4v) is 2.31. The molecule has 0 aliphatic carbocycles. The first-order valence-corrected chi connectivity index (χ1v) is 7.53. The SMILES string of the molecule is CC(NC(=O)CC(O)c1ccccc1)c1cccc(OC(F)F)c1. The highest BCUT2D eigenvalue weighted by atomic mass is 19.3. The van der Waals surface area contributed by atoms with E-state index >= 15 is 0 Å². The second kappa shape index (κ2) is 8.40. The summed E-state index contributed by atoms with van der Waals surface area (Å²) in [6, 6.07) is 14.6. The van der Waals surface area contributed by atoms with Gasteiger partial charge >= 0.3 is 6.61 Å². The number of amides is 1. The van der Waals surface area contributed by atoms with Gasteiger partial charge in [-0.3, -0.25) is 4.79 Å². The largest absolute Gasteiger partial charge is 0.435 e. The molecule has 2 atom stereocenters. The van der Waals surface area contributed by atoms with Gasteiger partial charge in [-0.15, -0.1) is 0 Å². The van der Waals surface area contributed by atoms with E-state index in [0.717, 1.165) is 0 Å². The molecule has 1 amide bonds. The molecular formula is C18H19F2NO3. The quantitative estimate of drug-likeness (QED) is 0.813. The molecule has 4 nitrogen and oxygen atoms in total. The molecule has 0 aliphatic heterocycles. The van der Waals surface area contributed by atoms with Gasteiger partial charge in [-0.05, 0) is 30.2 Å². The van der Waals surface area contributed by atoms with Crippen molar-refractivity contribution in [3.63, 3.8) is 0 Å². The summed E-state index contributed by atoms with van der Waals surface area (Å²) in [7, 11) is 0. The van der Waals surface area contributed by atoms with Gasteiger partial charge in [0.25, 0.3) is 0 Å². The zero-order valence-electron chi connectivity index (χ0n) is 13.2. The number of alkyl halides is 2. The highest BCUT2D eigenvalue weighted by molar-refractivity contribution is 5.77. The number of nitrogens with one attached hydrogen (secondary N) is 1. The minimum atomic E-state index is -2.90. The van der Waals surface area contributed by atoms with Gasteiger partial charge in [0.05, 0.1) is 18.6 Å². The van der Waals surface area contributed by atoms with Crippen LogP contribution in [0.1, 0.15) is 36.6 Å². The van der Waals surface area contributed by atoms with E-state index in [2.05, 4.69) is 10.1 Å². The van der Waals surface area contributed by atoms with Gasteiger partial charge in [0, 0.05) is 0 Å². The Morgan fingerprint density at radius 1 is 1.12 bits per heavy atom. The fraction of sp³-hybridized carbons (Fsp3) is 0.278. The molecule has 0 fully saturated rings. The minimum absolute atomic E-state index is 0.0351. The van der Waals surface area contributed by atoms with Crippen LogP contribution >= 0.6 is 0 Å². The average molecular weight is 335 g/mol. The van der Waals surface area contributed by atoms with Gasteiger partial charge in [-0.25, -0.2) is 0 Å². The van der Waals surface area contributed by atoms with Crippen molar-refractivity contribution in [2.75, 3.05) is 0 Å². The minimum Gasteiger partial charge on any atom is -0.435 e. The van der Waals surface area contributed by atoms with Crippen LogP contribution in [0.4, 0.5) is 8.78 Å². The highest BCUT2D eigenvalue weighted by Gasteiger charge is 2.16. The molecule has 2 aromatic rings. The standard InChI is InChI=1S/C18H19F2NO3/c1-12(14-8-5-9-15(10-14)24-18(19)20)21-17(23)11-16(22)13-6-3-2-4-7-13/h2-10,12,16,18,22H,11H2,1H3,(H,21,23). The number of carbonyl (C=O) groups excluding carboxylic acids is 1. The molecule has 24 heavy (non-hydrogen) atoms. The summed E-state index contributed by atoms with van der Waals surface area (Å²) in [5.41, 5.74) is 1.29. The lowest BCUT2D eigenvalue weighted by molar-refractivity contribution is -0.123. The maximum atomic E-state index is 12.2. The Labute approximate surface area is 139 Å². The lowest BCUT2D eigenvalue weighted by Crippen LogP contribution is -2.28. The Morgan fingerprint density at radius 3 is 2.46 bits per heavy atom. The van der Waals surface area contributed by atoms with E-state index in [9.17, 15) is 18.7 Å². The van der Waals surface area contributed by atoms with Crippen molar-refractivity contribution in [3.8, 4) is 5.75 Å². The van der Waals surface area contributed by atoms with Gasteiger partial charge < -0.3 is 15.2 Å². The first-order valence-electron chi connectivity index (χ1n) is 7.53. The van der Waals surface area contributed by atoms with E-state index in [1.54, 1.807) is 43.3 Å². The van der Waals surface area contributed by atoms with E-state index in [4.69, 9.17) is 0 Å². The number of aliphatic hydroxyl groups excluding tert-OH is 1. The molecule has 0 bridgehead atoms. The second-order valence-corrected chi connectivity index (χ2v) is 5.37. The molecule has 0 saturated heterocycles. The van der Waals surface area contributed by atoms with Gasteiger partial charge in [0.2, 0.25) is 5.91 Å². The number of hydrogen-bond donors (Lipinski definition) is 2. The van der Waals surface area contributed by atoms with E-state index < -0.39 is 18.8 Å². The van der Waals surface area contributed by atoms with Gasteiger partial charge in [0.1, 0.15) is 5.75 Å². The third-order valence-electron chi connectivity index (χ3n) is 3.52. The Kier molecular flexibility index (Phi) is 6.26. The molecular weight excluding hydrogens is 316 g/mol. The molecule has 6 heteroatoms. The van der Waals surface area contributed by atoms with Crippen LogP contribution in [0.15, 0.2) is 54.6 Å². The predicted octanol–water partition coefficient (Wildman–Crippen LogP) is 3.59. The van der Waals surface area contributed by atoms with E-state index in [1.165, 1.54) is 12.1 Å². The van der Waals surface area contributed by atoms with Gasteiger partial charge in [0.15, 0.2) is 0 Å². The Bertz CT molecular complexity index is 664. The van der Waals surface area contributed by atoms with Crippen molar-refractivity contribution >= 4 is 5.91 Å². The van der Waals surface area contributed by atoms with Crippen LogP contribution in [0.5, 0.6) is 5.75 Å². The van der Waals surface area contributed by atoms with Crippen LogP contribution in [0, 0.1) is 0 Å². The summed E-state index contributed by atoms with van der Waals surface area (Å²) in [5, 5.41) is 12.8. The van der Waals surface area contributed by atoms with Crippen LogP contribution in [-0.4, -0.2) is 17.6 Å². The Hall–Kier alpha value is -2.47.